The van der Waals surface area contributed by atoms with Crippen LogP contribution in [0, 0.1) is 12.7 Å². The van der Waals surface area contributed by atoms with E-state index in [1.807, 2.05) is 36.1 Å². The topological polar surface area (TPSA) is 43.8 Å². The summed E-state index contributed by atoms with van der Waals surface area (Å²) in [6, 6.07) is 9.44. The first kappa shape index (κ1) is 14.8. The van der Waals surface area contributed by atoms with Crippen LogP contribution < -0.4 is 4.90 Å². The lowest BCUT2D eigenvalue weighted by Gasteiger charge is -2.36. The number of amides is 1. The summed E-state index contributed by atoms with van der Waals surface area (Å²) in [6.07, 6.45) is 0. The van der Waals surface area contributed by atoms with Crippen molar-refractivity contribution in [3.63, 3.8) is 0 Å². The molecule has 2 aromatic rings. The van der Waals surface area contributed by atoms with Crippen molar-refractivity contribution in [2.24, 2.45) is 0 Å². The van der Waals surface area contributed by atoms with Gasteiger partial charge in [0.1, 0.15) is 6.61 Å². The van der Waals surface area contributed by atoms with Gasteiger partial charge in [0.05, 0.1) is 5.69 Å². The molecule has 1 saturated heterocycles. The molecule has 1 amide bonds. The second-order valence-electron chi connectivity index (χ2n) is 5.65. The van der Waals surface area contributed by atoms with E-state index < -0.39 is 6.61 Å². The molecule has 1 fully saturated rings. The van der Waals surface area contributed by atoms with Gasteiger partial charge in [0, 0.05) is 31.6 Å². The fraction of sp³-hybridized carbons (Fsp3) is 0.353. The molecule has 0 saturated carbocycles. The molecule has 0 radical (unpaired) electrons. The number of halogens is 1. The van der Waals surface area contributed by atoms with Gasteiger partial charge in [-0.2, -0.15) is 0 Å². The molecule has 1 N–H and O–H groups in total. The number of carbonyl (C=O) groups excluding carboxylic acids is 1. The van der Waals surface area contributed by atoms with Crippen LogP contribution in [0.1, 0.15) is 5.56 Å². The van der Waals surface area contributed by atoms with Gasteiger partial charge in [0.2, 0.25) is 5.91 Å². The van der Waals surface area contributed by atoms with Gasteiger partial charge in [0.25, 0.3) is 0 Å². The molecule has 0 unspecified atom stereocenters. The number of rotatable bonds is 2. The van der Waals surface area contributed by atoms with Crippen LogP contribution in [-0.4, -0.2) is 48.7 Å². The molecule has 116 valence electrons. The minimum absolute atomic E-state index is 0.209. The number of benzene rings is 2. The van der Waals surface area contributed by atoms with Gasteiger partial charge < -0.3 is 14.9 Å². The zero-order valence-electron chi connectivity index (χ0n) is 12.6. The third kappa shape index (κ3) is 2.64. The first-order valence-electron chi connectivity index (χ1n) is 7.42. The SMILES string of the molecule is Cc1ccc2c(F)c(N3CCN(C(=O)CO)CC3)ccc2c1. The van der Waals surface area contributed by atoms with Crippen LogP contribution in [0.2, 0.25) is 0 Å². The van der Waals surface area contributed by atoms with Crippen molar-refractivity contribution in [2.75, 3.05) is 37.7 Å². The second kappa shape index (κ2) is 5.93. The summed E-state index contributed by atoms with van der Waals surface area (Å²) in [7, 11) is 0. The summed E-state index contributed by atoms with van der Waals surface area (Å²) in [6.45, 7) is 3.67. The molecule has 3 rings (SSSR count). The number of hydrogen-bond acceptors (Lipinski definition) is 3. The van der Waals surface area contributed by atoms with Crippen LogP contribution >= 0.6 is 0 Å². The van der Waals surface area contributed by atoms with E-state index in [-0.39, 0.29) is 11.7 Å². The van der Waals surface area contributed by atoms with E-state index in [1.165, 1.54) is 0 Å². The highest BCUT2D eigenvalue weighted by Gasteiger charge is 2.22. The van der Waals surface area contributed by atoms with Gasteiger partial charge in [-0.25, -0.2) is 4.39 Å². The first-order chi connectivity index (χ1) is 10.6. The predicted molar refractivity (Wildman–Crippen MR) is 84.5 cm³/mol. The fourth-order valence-electron chi connectivity index (χ4n) is 2.94. The molecule has 0 spiro atoms. The molecular formula is C17H19FN2O2. The molecule has 4 nitrogen and oxygen atoms in total. The van der Waals surface area contributed by atoms with E-state index in [9.17, 15) is 9.18 Å². The molecule has 2 aromatic carbocycles. The molecule has 0 aliphatic carbocycles. The van der Waals surface area contributed by atoms with Gasteiger partial charge in [0.15, 0.2) is 5.82 Å². The van der Waals surface area contributed by atoms with Gasteiger partial charge >= 0.3 is 0 Å². The minimum Gasteiger partial charge on any atom is -0.387 e. The molecule has 5 heteroatoms. The number of carbonyl (C=O) groups is 1. The molecule has 0 atom stereocenters. The maximum atomic E-state index is 14.7. The first-order valence-corrected chi connectivity index (χ1v) is 7.42. The van der Waals surface area contributed by atoms with Crippen molar-refractivity contribution in [3.8, 4) is 0 Å². The summed E-state index contributed by atoms with van der Waals surface area (Å²) in [5.74, 6) is -0.478. The normalized spacial score (nSPS) is 15.4. The Balaban J connectivity index is 1.84. The van der Waals surface area contributed by atoms with E-state index >= 15 is 0 Å². The highest BCUT2D eigenvalue weighted by molar-refractivity contribution is 5.87. The number of hydrogen-bond donors (Lipinski definition) is 1. The van der Waals surface area contributed by atoms with Crippen molar-refractivity contribution in [3.05, 3.63) is 41.7 Å². The average Bonchev–Trinajstić information content (AvgIpc) is 2.54. The number of fused-ring (bicyclic) bond motifs is 1. The Labute approximate surface area is 128 Å². The van der Waals surface area contributed by atoms with Gasteiger partial charge in [-0.05, 0) is 18.4 Å². The molecule has 1 aliphatic heterocycles. The summed E-state index contributed by atoms with van der Waals surface area (Å²) in [5.41, 5.74) is 1.68. The number of nitrogens with zero attached hydrogens (tertiary/aromatic N) is 2. The highest BCUT2D eigenvalue weighted by Crippen LogP contribution is 2.28. The maximum absolute atomic E-state index is 14.7. The Bertz CT molecular complexity index is 709. The number of aryl methyl sites for hydroxylation is 1. The lowest BCUT2D eigenvalue weighted by molar-refractivity contribution is -0.134. The quantitative estimate of drug-likeness (QED) is 0.922. The zero-order valence-corrected chi connectivity index (χ0v) is 12.6. The molecule has 0 bridgehead atoms. The molecule has 0 aromatic heterocycles. The van der Waals surface area contributed by atoms with E-state index in [4.69, 9.17) is 5.11 Å². The van der Waals surface area contributed by atoms with E-state index in [1.54, 1.807) is 11.0 Å². The molecule has 22 heavy (non-hydrogen) atoms. The minimum atomic E-state index is -0.469. The summed E-state index contributed by atoms with van der Waals surface area (Å²) in [5, 5.41) is 10.4. The summed E-state index contributed by atoms with van der Waals surface area (Å²) in [4.78, 5) is 15.0. The molecule has 1 aliphatic rings. The Kier molecular flexibility index (Phi) is 3.98. The van der Waals surface area contributed by atoms with Crippen LogP contribution in [0.5, 0.6) is 0 Å². The predicted octanol–water partition coefficient (Wildman–Crippen LogP) is 1.93. The van der Waals surface area contributed by atoms with Gasteiger partial charge in [-0.1, -0.05) is 29.8 Å². The van der Waals surface area contributed by atoms with Crippen molar-refractivity contribution >= 4 is 22.4 Å². The largest absolute Gasteiger partial charge is 0.387 e. The Morgan fingerprint density at radius 2 is 1.91 bits per heavy atom. The molecular weight excluding hydrogens is 283 g/mol. The van der Waals surface area contributed by atoms with Crippen molar-refractivity contribution in [1.29, 1.82) is 0 Å². The van der Waals surface area contributed by atoms with Crippen molar-refractivity contribution < 1.29 is 14.3 Å². The van der Waals surface area contributed by atoms with Crippen LogP contribution in [0.4, 0.5) is 10.1 Å². The summed E-state index contributed by atoms with van der Waals surface area (Å²) >= 11 is 0. The Hall–Kier alpha value is -2.14. The Morgan fingerprint density at radius 1 is 1.18 bits per heavy atom. The van der Waals surface area contributed by atoms with Gasteiger partial charge in [-0.3, -0.25) is 4.79 Å². The fourth-order valence-corrected chi connectivity index (χ4v) is 2.94. The highest BCUT2D eigenvalue weighted by atomic mass is 19.1. The van der Waals surface area contributed by atoms with Crippen molar-refractivity contribution in [1.82, 2.24) is 4.90 Å². The lowest BCUT2D eigenvalue weighted by atomic mass is 10.1. The number of aliphatic hydroxyl groups excluding tert-OH is 1. The monoisotopic (exact) mass is 302 g/mol. The van der Waals surface area contributed by atoms with Crippen LogP contribution in [0.15, 0.2) is 30.3 Å². The van der Waals surface area contributed by atoms with Crippen LogP contribution in [0.25, 0.3) is 10.8 Å². The smallest absolute Gasteiger partial charge is 0.248 e. The van der Waals surface area contributed by atoms with Crippen LogP contribution in [-0.2, 0) is 4.79 Å². The standard InChI is InChI=1S/C17H19FN2O2/c1-12-2-4-14-13(10-12)3-5-15(17(14)18)19-6-8-20(9-7-19)16(22)11-21/h2-5,10,21H,6-9,11H2,1H3. The third-order valence-electron chi connectivity index (χ3n) is 4.20. The third-order valence-corrected chi connectivity index (χ3v) is 4.20. The number of piperazine rings is 1. The Morgan fingerprint density at radius 3 is 2.59 bits per heavy atom. The van der Waals surface area contributed by atoms with Gasteiger partial charge in [-0.15, -0.1) is 0 Å². The van der Waals surface area contributed by atoms with E-state index in [0.717, 1.165) is 10.9 Å². The second-order valence-corrected chi connectivity index (χ2v) is 5.65. The van der Waals surface area contributed by atoms with E-state index in [2.05, 4.69) is 0 Å². The van der Waals surface area contributed by atoms with E-state index in [0.29, 0.717) is 37.3 Å². The molecule has 1 heterocycles. The number of anilines is 1. The maximum Gasteiger partial charge on any atom is 0.248 e. The van der Waals surface area contributed by atoms with Crippen LogP contribution in [0.3, 0.4) is 0 Å². The van der Waals surface area contributed by atoms with Crippen molar-refractivity contribution in [2.45, 2.75) is 6.92 Å². The number of aliphatic hydroxyl groups is 1. The lowest BCUT2D eigenvalue weighted by Crippen LogP contribution is -2.49. The average molecular weight is 302 g/mol. The summed E-state index contributed by atoms with van der Waals surface area (Å²) < 4.78 is 14.7. The zero-order chi connectivity index (χ0) is 15.7.